The normalized spacial score (nSPS) is 36.7. The van der Waals surface area contributed by atoms with Gasteiger partial charge in [-0.1, -0.05) is 6.42 Å². The average molecular weight is 239 g/mol. The van der Waals surface area contributed by atoms with Crippen LogP contribution in [0.4, 0.5) is 0 Å². The van der Waals surface area contributed by atoms with Gasteiger partial charge in [-0.3, -0.25) is 0 Å². The van der Waals surface area contributed by atoms with E-state index >= 15 is 0 Å². The second-order valence-electron chi connectivity index (χ2n) is 6.94. The van der Waals surface area contributed by atoms with Crippen molar-refractivity contribution in [1.82, 2.24) is 5.32 Å². The molecule has 1 N–H and O–H groups in total. The Labute approximate surface area is 107 Å². The molecule has 2 bridgehead atoms. The molecular formula is C15H29NO. The summed E-state index contributed by atoms with van der Waals surface area (Å²) in [6.45, 7) is 5.63. The fourth-order valence-electron chi connectivity index (χ4n) is 4.17. The van der Waals surface area contributed by atoms with Gasteiger partial charge in [0, 0.05) is 13.7 Å². The molecule has 2 heteroatoms. The van der Waals surface area contributed by atoms with Crippen molar-refractivity contribution in [2.45, 2.75) is 58.0 Å². The summed E-state index contributed by atoms with van der Waals surface area (Å²) in [4.78, 5) is 0. The maximum Gasteiger partial charge on any atom is 0.0623 e. The molecule has 3 unspecified atom stereocenters. The van der Waals surface area contributed by atoms with E-state index < -0.39 is 0 Å². The molecule has 3 atom stereocenters. The van der Waals surface area contributed by atoms with E-state index in [2.05, 4.69) is 26.2 Å². The molecule has 2 rings (SSSR count). The van der Waals surface area contributed by atoms with Crippen LogP contribution >= 0.6 is 0 Å². The number of rotatable bonds is 6. The Balaban J connectivity index is 1.98. The number of hydrogen-bond acceptors (Lipinski definition) is 2. The first-order valence-corrected chi connectivity index (χ1v) is 7.21. The van der Waals surface area contributed by atoms with Gasteiger partial charge in [0.15, 0.2) is 0 Å². The zero-order valence-electron chi connectivity index (χ0n) is 12.0. The van der Waals surface area contributed by atoms with E-state index in [0.717, 1.165) is 11.8 Å². The summed E-state index contributed by atoms with van der Waals surface area (Å²) in [6, 6.07) is 0. The van der Waals surface area contributed by atoms with Crippen molar-refractivity contribution in [3.8, 4) is 0 Å². The van der Waals surface area contributed by atoms with Gasteiger partial charge in [0.1, 0.15) is 0 Å². The second-order valence-corrected chi connectivity index (χ2v) is 6.94. The molecule has 2 aliphatic rings. The summed E-state index contributed by atoms with van der Waals surface area (Å²) < 4.78 is 5.58. The van der Waals surface area contributed by atoms with Crippen LogP contribution in [0.1, 0.15) is 52.4 Å². The summed E-state index contributed by atoms with van der Waals surface area (Å²) in [5, 5.41) is 3.45. The Morgan fingerprint density at radius 1 is 1.35 bits per heavy atom. The van der Waals surface area contributed by atoms with Crippen molar-refractivity contribution < 1.29 is 4.74 Å². The van der Waals surface area contributed by atoms with Crippen molar-refractivity contribution in [3.63, 3.8) is 0 Å². The predicted molar refractivity (Wildman–Crippen MR) is 72.1 cm³/mol. The minimum atomic E-state index is 0.0442. The first-order valence-electron chi connectivity index (χ1n) is 7.21. The Morgan fingerprint density at radius 2 is 2.12 bits per heavy atom. The van der Waals surface area contributed by atoms with E-state index in [9.17, 15) is 0 Å². The zero-order valence-corrected chi connectivity index (χ0v) is 12.0. The lowest BCUT2D eigenvalue weighted by atomic mass is 9.69. The van der Waals surface area contributed by atoms with E-state index in [1.807, 2.05) is 7.11 Å². The van der Waals surface area contributed by atoms with Crippen LogP contribution in [0, 0.1) is 17.3 Å². The highest BCUT2D eigenvalue weighted by molar-refractivity contribution is 5.01. The van der Waals surface area contributed by atoms with Gasteiger partial charge in [0.05, 0.1) is 5.60 Å². The van der Waals surface area contributed by atoms with Crippen molar-refractivity contribution in [2.24, 2.45) is 17.3 Å². The van der Waals surface area contributed by atoms with Gasteiger partial charge in [0.2, 0.25) is 0 Å². The Kier molecular flexibility index (Phi) is 3.84. The fourth-order valence-corrected chi connectivity index (χ4v) is 4.17. The predicted octanol–water partition coefficient (Wildman–Crippen LogP) is 3.22. The average Bonchev–Trinajstić information content (AvgIpc) is 2.88. The maximum atomic E-state index is 5.58. The van der Waals surface area contributed by atoms with Crippen LogP contribution in [0.25, 0.3) is 0 Å². The van der Waals surface area contributed by atoms with Crippen LogP contribution in [-0.4, -0.2) is 26.3 Å². The minimum absolute atomic E-state index is 0.0442. The van der Waals surface area contributed by atoms with E-state index in [0.29, 0.717) is 5.41 Å². The molecule has 0 aromatic carbocycles. The standard InChI is InChI=1S/C15H29NO/c1-14(2,17-4)7-8-15(11-16-3)10-12-5-6-13(15)9-12/h12-13,16H,5-11H2,1-4H3. The van der Waals surface area contributed by atoms with E-state index in [-0.39, 0.29) is 5.60 Å². The summed E-state index contributed by atoms with van der Waals surface area (Å²) >= 11 is 0. The van der Waals surface area contributed by atoms with E-state index in [4.69, 9.17) is 4.74 Å². The van der Waals surface area contributed by atoms with Gasteiger partial charge in [0.25, 0.3) is 0 Å². The highest BCUT2D eigenvalue weighted by atomic mass is 16.5. The molecule has 2 fully saturated rings. The third kappa shape index (κ3) is 2.68. The number of nitrogens with one attached hydrogen (secondary N) is 1. The lowest BCUT2D eigenvalue weighted by Crippen LogP contribution is -2.39. The summed E-state index contributed by atoms with van der Waals surface area (Å²) in [5.74, 6) is 2.01. The molecule has 0 heterocycles. The monoisotopic (exact) mass is 239 g/mol. The molecule has 2 aliphatic carbocycles. The minimum Gasteiger partial charge on any atom is -0.379 e. The molecule has 0 aliphatic heterocycles. The van der Waals surface area contributed by atoms with Crippen LogP contribution in [0.3, 0.4) is 0 Å². The second kappa shape index (κ2) is 4.89. The highest BCUT2D eigenvalue weighted by Crippen LogP contribution is 2.58. The molecular weight excluding hydrogens is 210 g/mol. The topological polar surface area (TPSA) is 21.3 Å². The molecule has 2 saturated carbocycles. The number of ether oxygens (including phenoxy) is 1. The third-order valence-electron chi connectivity index (χ3n) is 5.41. The van der Waals surface area contributed by atoms with Crippen LogP contribution < -0.4 is 5.32 Å². The molecule has 2 nitrogen and oxygen atoms in total. The largest absolute Gasteiger partial charge is 0.379 e. The van der Waals surface area contributed by atoms with E-state index in [1.165, 1.54) is 45.1 Å². The van der Waals surface area contributed by atoms with Crippen molar-refractivity contribution in [1.29, 1.82) is 0 Å². The lowest BCUT2D eigenvalue weighted by Gasteiger charge is -2.40. The Hall–Kier alpha value is -0.0800. The molecule has 0 aromatic rings. The lowest BCUT2D eigenvalue weighted by molar-refractivity contribution is -0.00320. The summed E-state index contributed by atoms with van der Waals surface area (Å²) in [5.41, 5.74) is 0.621. The number of hydrogen-bond donors (Lipinski definition) is 1. The first-order chi connectivity index (χ1) is 8.01. The molecule has 0 radical (unpaired) electrons. The molecule has 0 spiro atoms. The maximum absolute atomic E-state index is 5.58. The van der Waals surface area contributed by atoms with Crippen molar-refractivity contribution in [2.75, 3.05) is 20.7 Å². The molecule has 0 saturated heterocycles. The van der Waals surface area contributed by atoms with Gasteiger partial charge in [-0.15, -0.1) is 0 Å². The van der Waals surface area contributed by atoms with Crippen molar-refractivity contribution >= 4 is 0 Å². The smallest absolute Gasteiger partial charge is 0.0623 e. The van der Waals surface area contributed by atoms with Gasteiger partial charge in [-0.25, -0.2) is 0 Å². The molecule has 100 valence electrons. The van der Waals surface area contributed by atoms with Gasteiger partial charge in [-0.2, -0.15) is 0 Å². The summed E-state index contributed by atoms with van der Waals surface area (Å²) in [6.07, 6.45) is 8.43. The summed E-state index contributed by atoms with van der Waals surface area (Å²) in [7, 11) is 3.95. The van der Waals surface area contributed by atoms with Gasteiger partial charge < -0.3 is 10.1 Å². The van der Waals surface area contributed by atoms with Crippen LogP contribution in [0.2, 0.25) is 0 Å². The quantitative estimate of drug-likeness (QED) is 0.768. The van der Waals surface area contributed by atoms with Crippen LogP contribution in [0.5, 0.6) is 0 Å². The SMILES string of the molecule is CNCC1(CCC(C)(C)OC)CC2CCC1C2. The van der Waals surface area contributed by atoms with E-state index in [1.54, 1.807) is 0 Å². The van der Waals surface area contributed by atoms with Crippen LogP contribution in [-0.2, 0) is 4.74 Å². The van der Waals surface area contributed by atoms with Gasteiger partial charge >= 0.3 is 0 Å². The number of methoxy groups -OCH3 is 1. The first kappa shape index (κ1) is 13.4. The fraction of sp³-hybridized carbons (Fsp3) is 1.00. The van der Waals surface area contributed by atoms with Crippen LogP contribution in [0.15, 0.2) is 0 Å². The van der Waals surface area contributed by atoms with Crippen molar-refractivity contribution in [3.05, 3.63) is 0 Å². The number of fused-ring (bicyclic) bond motifs is 2. The Bertz CT molecular complexity index is 264. The molecule has 0 amide bonds. The third-order valence-corrected chi connectivity index (χ3v) is 5.41. The highest BCUT2D eigenvalue weighted by Gasteiger charge is 2.50. The Morgan fingerprint density at radius 3 is 2.59 bits per heavy atom. The van der Waals surface area contributed by atoms with Gasteiger partial charge in [-0.05, 0) is 70.3 Å². The molecule has 17 heavy (non-hydrogen) atoms. The molecule has 0 aromatic heterocycles. The zero-order chi connectivity index (χ0) is 12.5.